The van der Waals surface area contributed by atoms with E-state index in [9.17, 15) is 43.2 Å². The molecular weight excluding hydrogens is 533 g/mol. The predicted octanol–water partition coefficient (Wildman–Crippen LogP) is 5.33. The molecule has 0 radical (unpaired) electrons. The van der Waals surface area contributed by atoms with Crippen molar-refractivity contribution in [2.45, 2.75) is 70.3 Å². The molecular formula is C18H37F6N2O5PS2+2. The molecule has 34 heavy (non-hydrogen) atoms. The van der Waals surface area contributed by atoms with E-state index >= 15 is 0 Å². The summed E-state index contributed by atoms with van der Waals surface area (Å²) in [4.78, 5) is 4.35. The maximum absolute atomic E-state index is 12.9. The smallest absolute Gasteiger partial charge is 0.199 e. The van der Waals surface area contributed by atoms with Crippen LogP contribution in [0.1, 0.15) is 59.3 Å². The van der Waals surface area contributed by atoms with Crippen LogP contribution < -0.4 is 0 Å². The van der Waals surface area contributed by atoms with Crippen molar-refractivity contribution < 1.29 is 52.8 Å². The lowest BCUT2D eigenvalue weighted by Crippen LogP contribution is -2.56. The molecule has 7 nitrogen and oxygen atoms in total. The summed E-state index contributed by atoms with van der Waals surface area (Å²) in [5.74, 6) is 0. The molecule has 0 aromatic rings. The van der Waals surface area contributed by atoms with Gasteiger partial charge in [-0.15, -0.1) is 0 Å². The first-order valence-corrected chi connectivity index (χ1v) is 16.4. The standard InChI is InChI=1S/C18H37F6N2O5PS2/c1-6-13-32(14-7-2,15-8-3)16-11-9-10-12-26(4,5)31-25(33(27,28)17(19,20)21)34(29,30)18(22,23)24/h6-16H2,1-5H3/q+2. The quantitative estimate of drug-likeness (QED) is 0.0824. The van der Waals surface area contributed by atoms with Crippen LogP contribution in [0.5, 0.6) is 0 Å². The first-order chi connectivity index (χ1) is 15.2. The van der Waals surface area contributed by atoms with Crippen LogP contribution in [-0.4, -0.2) is 81.7 Å². The number of rotatable bonds is 16. The minimum Gasteiger partial charge on any atom is -0.199 e. The Morgan fingerprint density at radius 2 is 1.09 bits per heavy atom. The molecule has 0 aliphatic heterocycles. The Hall–Kier alpha value is -0.210. The molecule has 16 heteroatoms. The number of halogens is 6. The zero-order chi connectivity index (χ0) is 27.1. The summed E-state index contributed by atoms with van der Waals surface area (Å²) in [6.07, 6.45) is 9.41. The molecule has 0 unspecified atom stereocenters. The normalized spacial score (nSPS) is 14.7. The molecule has 0 aliphatic rings. The van der Waals surface area contributed by atoms with E-state index in [4.69, 9.17) is 0 Å². The van der Waals surface area contributed by atoms with Gasteiger partial charge in [0.2, 0.25) is 0 Å². The highest BCUT2D eigenvalue weighted by molar-refractivity contribution is 8.04. The van der Waals surface area contributed by atoms with Gasteiger partial charge in [0, 0.05) is 7.26 Å². The third kappa shape index (κ3) is 9.34. The molecule has 0 fully saturated rings. The third-order valence-electron chi connectivity index (χ3n) is 5.19. The summed E-state index contributed by atoms with van der Waals surface area (Å²) in [5, 5.41) is 0. The van der Waals surface area contributed by atoms with Crippen molar-refractivity contribution in [2.75, 3.05) is 45.3 Å². The fourth-order valence-corrected chi connectivity index (χ4v) is 11.3. The van der Waals surface area contributed by atoms with Crippen LogP contribution in [0.15, 0.2) is 0 Å². The van der Waals surface area contributed by atoms with E-state index < -0.39 is 46.8 Å². The highest BCUT2D eigenvalue weighted by atomic mass is 32.3. The Morgan fingerprint density at radius 1 is 0.706 bits per heavy atom. The van der Waals surface area contributed by atoms with Crippen molar-refractivity contribution in [1.82, 2.24) is 3.87 Å². The second-order valence-corrected chi connectivity index (χ2v) is 16.9. The molecule has 0 rings (SSSR count). The van der Waals surface area contributed by atoms with Crippen LogP contribution in [0.4, 0.5) is 26.3 Å². The molecule has 0 aromatic carbocycles. The van der Waals surface area contributed by atoms with Gasteiger partial charge in [0.05, 0.1) is 24.6 Å². The van der Waals surface area contributed by atoms with E-state index in [0.29, 0.717) is 6.42 Å². The van der Waals surface area contributed by atoms with Gasteiger partial charge >= 0.3 is 31.1 Å². The van der Waals surface area contributed by atoms with E-state index in [1.807, 2.05) is 0 Å². The molecule has 0 bridgehead atoms. The third-order valence-corrected chi connectivity index (χ3v) is 13.9. The first kappa shape index (κ1) is 33.8. The lowest BCUT2D eigenvalue weighted by atomic mass is 10.2. The van der Waals surface area contributed by atoms with E-state index in [1.165, 1.54) is 18.5 Å². The number of hydrogen-bond donors (Lipinski definition) is 0. The minimum atomic E-state index is -6.99. The molecule has 0 spiro atoms. The zero-order valence-electron chi connectivity index (χ0n) is 20.2. The highest BCUT2D eigenvalue weighted by Gasteiger charge is 2.65. The summed E-state index contributed by atoms with van der Waals surface area (Å²) in [5.41, 5.74) is -12.6. The summed E-state index contributed by atoms with van der Waals surface area (Å²) >= 11 is 0. The SMILES string of the molecule is CCC[P+](CCC)(CCC)CCCCC[N+](C)(C)ON(S(=O)(=O)C(F)(F)F)S(=O)(=O)C(F)(F)F. The van der Waals surface area contributed by atoms with Gasteiger partial charge in [0.15, 0.2) is 0 Å². The van der Waals surface area contributed by atoms with Crippen molar-refractivity contribution in [1.29, 1.82) is 0 Å². The van der Waals surface area contributed by atoms with Gasteiger partial charge in [-0.2, -0.15) is 47.8 Å². The minimum absolute atomic E-state index is 0.210. The molecule has 0 aromatic heterocycles. The second kappa shape index (κ2) is 12.8. The van der Waals surface area contributed by atoms with Crippen molar-refractivity contribution in [3.8, 4) is 0 Å². The summed E-state index contributed by atoms with van der Waals surface area (Å²) in [6, 6.07) is 0. The number of hydroxylamine groups is 3. The fraction of sp³-hybridized carbons (Fsp3) is 1.00. The molecule has 206 valence electrons. The predicted molar refractivity (Wildman–Crippen MR) is 121 cm³/mol. The van der Waals surface area contributed by atoms with Crippen LogP contribution in [0.2, 0.25) is 0 Å². The fourth-order valence-electron chi connectivity index (χ4n) is 3.82. The van der Waals surface area contributed by atoms with Crippen LogP contribution in [0, 0.1) is 0 Å². The molecule has 0 saturated carbocycles. The Labute approximate surface area is 199 Å². The molecule has 0 heterocycles. The van der Waals surface area contributed by atoms with E-state index in [0.717, 1.165) is 45.9 Å². The Kier molecular flexibility index (Phi) is 12.8. The number of alkyl halides is 6. The number of nitrogens with zero attached hydrogens (tertiary/aromatic N) is 2. The largest absolute Gasteiger partial charge is 0.515 e. The summed E-state index contributed by atoms with van der Waals surface area (Å²) < 4.78 is 121. The van der Waals surface area contributed by atoms with E-state index in [2.05, 4.69) is 25.7 Å². The maximum Gasteiger partial charge on any atom is 0.515 e. The topological polar surface area (TPSA) is 80.8 Å². The zero-order valence-corrected chi connectivity index (χ0v) is 22.8. The van der Waals surface area contributed by atoms with Gasteiger partial charge in [-0.05, 0) is 38.5 Å². The van der Waals surface area contributed by atoms with Crippen LogP contribution in [-0.2, 0) is 25.0 Å². The van der Waals surface area contributed by atoms with Gasteiger partial charge in [0.1, 0.15) is 24.5 Å². The van der Waals surface area contributed by atoms with Gasteiger partial charge in [0.25, 0.3) is 0 Å². The summed E-state index contributed by atoms with van der Waals surface area (Å²) in [6.45, 7) is 6.19. The van der Waals surface area contributed by atoms with Crippen molar-refractivity contribution in [3.05, 3.63) is 0 Å². The van der Waals surface area contributed by atoms with Crippen LogP contribution in [0.25, 0.3) is 0 Å². The van der Waals surface area contributed by atoms with Gasteiger partial charge in [-0.1, -0.05) is 25.7 Å². The molecule has 0 N–H and O–H groups in total. The lowest BCUT2D eigenvalue weighted by molar-refractivity contribution is -1.09. The number of sulfonamides is 2. The van der Waals surface area contributed by atoms with E-state index in [1.54, 1.807) is 0 Å². The Balaban J connectivity index is 5.42. The molecule has 0 aliphatic carbocycles. The Morgan fingerprint density at radius 3 is 1.41 bits per heavy atom. The average molecular weight is 571 g/mol. The van der Waals surface area contributed by atoms with Crippen molar-refractivity contribution in [3.63, 3.8) is 0 Å². The van der Waals surface area contributed by atoms with E-state index in [-0.39, 0.29) is 13.0 Å². The maximum atomic E-state index is 12.9. The number of unbranched alkanes of at least 4 members (excludes halogenated alkanes) is 2. The van der Waals surface area contributed by atoms with Gasteiger partial charge < -0.3 is 0 Å². The van der Waals surface area contributed by atoms with Crippen LogP contribution >= 0.6 is 7.26 Å². The lowest BCUT2D eigenvalue weighted by Gasteiger charge is -2.31. The van der Waals surface area contributed by atoms with Crippen molar-refractivity contribution in [2.24, 2.45) is 0 Å². The highest BCUT2D eigenvalue weighted by Crippen LogP contribution is 2.60. The summed E-state index contributed by atoms with van der Waals surface area (Å²) in [7, 11) is -13.2. The Bertz CT molecular complexity index is 772. The number of quaternary nitrogens is 1. The van der Waals surface area contributed by atoms with Gasteiger partial charge in [-0.25, -0.2) is 0 Å². The van der Waals surface area contributed by atoms with Gasteiger partial charge in [-0.3, -0.25) is 0 Å². The first-order valence-electron chi connectivity index (χ1n) is 11.0. The average Bonchev–Trinajstić information content (AvgIpc) is 2.64. The monoisotopic (exact) mass is 570 g/mol. The second-order valence-electron chi connectivity index (χ2n) is 8.74. The molecule has 0 atom stereocenters. The van der Waals surface area contributed by atoms with Crippen LogP contribution in [0.3, 0.4) is 0 Å². The molecule has 0 saturated heterocycles. The van der Waals surface area contributed by atoms with Crippen molar-refractivity contribution >= 4 is 27.3 Å². The number of hydrogen-bond acceptors (Lipinski definition) is 5. The molecule has 0 amide bonds.